The van der Waals surface area contributed by atoms with Crippen molar-refractivity contribution < 1.29 is 9.90 Å². The second-order valence-corrected chi connectivity index (χ2v) is 4.20. The molecular weight excluding hydrogens is 279 g/mol. The normalized spacial score (nSPS) is 10.3. The second kappa shape index (κ2) is 4.80. The Hall–Kier alpha value is -1.85. The number of rotatable bonds is 2. The van der Waals surface area contributed by atoms with Crippen LogP contribution in [0.15, 0.2) is 29.1 Å². The molecule has 92 valence electrons. The van der Waals surface area contributed by atoms with Crippen molar-refractivity contribution in [2.75, 3.05) is 0 Å². The van der Waals surface area contributed by atoms with Crippen molar-refractivity contribution in [2.45, 2.75) is 0 Å². The van der Waals surface area contributed by atoms with E-state index >= 15 is 0 Å². The fraction of sp³-hybridized carbons (Fsp3) is 0. The van der Waals surface area contributed by atoms with Gasteiger partial charge in [-0.15, -0.1) is 0 Å². The predicted octanol–water partition coefficient (Wildman–Crippen LogP) is 2.06. The van der Waals surface area contributed by atoms with Crippen molar-refractivity contribution in [1.82, 2.24) is 9.78 Å². The van der Waals surface area contributed by atoms with Crippen LogP contribution in [0.3, 0.4) is 0 Å². The zero-order chi connectivity index (χ0) is 13.3. The molecule has 0 unspecified atom stereocenters. The van der Waals surface area contributed by atoms with Crippen LogP contribution >= 0.6 is 23.2 Å². The first-order valence-corrected chi connectivity index (χ1v) is 5.52. The Morgan fingerprint density at radius 2 is 1.94 bits per heavy atom. The first-order valence-electron chi connectivity index (χ1n) is 4.77. The van der Waals surface area contributed by atoms with Crippen LogP contribution in [0.2, 0.25) is 10.0 Å². The van der Waals surface area contributed by atoms with Crippen molar-refractivity contribution in [3.8, 4) is 11.4 Å². The van der Waals surface area contributed by atoms with Crippen LogP contribution in [-0.4, -0.2) is 21.2 Å². The lowest BCUT2D eigenvalue weighted by Gasteiger charge is -2.06. The highest BCUT2D eigenvalue weighted by Crippen LogP contribution is 2.23. The van der Waals surface area contributed by atoms with Crippen molar-refractivity contribution in [1.29, 1.82) is 0 Å². The van der Waals surface area contributed by atoms with Gasteiger partial charge in [0.1, 0.15) is 0 Å². The highest BCUT2D eigenvalue weighted by molar-refractivity contribution is 6.42. The third-order valence-electron chi connectivity index (χ3n) is 2.20. The highest BCUT2D eigenvalue weighted by atomic mass is 35.5. The number of carbonyl (C=O) groups excluding carboxylic acids is 1. The molecule has 1 heterocycles. The summed E-state index contributed by atoms with van der Waals surface area (Å²) in [5.41, 5.74) is -0.477. The Bertz CT molecular complexity index is 682. The van der Waals surface area contributed by atoms with Gasteiger partial charge in [-0.05, 0) is 18.2 Å². The lowest BCUT2D eigenvalue weighted by molar-refractivity contribution is 0.111. The topological polar surface area (TPSA) is 72.2 Å². The third-order valence-corrected chi connectivity index (χ3v) is 2.94. The van der Waals surface area contributed by atoms with Gasteiger partial charge >= 0.3 is 0 Å². The molecule has 0 saturated heterocycles. The van der Waals surface area contributed by atoms with E-state index in [0.717, 1.165) is 10.7 Å². The number of aldehydes is 1. The number of aromatic nitrogens is 2. The Labute approximate surface area is 111 Å². The smallest absolute Gasteiger partial charge is 0.275 e. The minimum Gasteiger partial charge on any atom is -0.505 e. The number of benzene rings is 1. The van der Waals surface area contributed by atoms with Gasteiger partial charge in [0.05, 0.1) is 15.7 Å². The van der Waals surface area contributed by atoms with Crippen molar-refractivity contribution >= 4 is 29.5 Å². The van der Waals surface area contributed by atoms with E-state index in [2.05, 4.69) is 5.10 Å². The third kappa shape index (κ3) is 2.23. The van der Waals surface area contributed by atoms with Gasteiger partial charge in [0.25, 0.3) is 5.56 Å². The number of hydrogen-bond acceptors (Lipinski definition) is 4. The summed E-state index contributed by atoms with van der Waals surface area (Å²) in [6.45, 7) is 0. The van der Waals surface area contributed by atoms with E-state index < -0.39 is 11.3 Å². The molecule has 7 heteroatoms. The number of nitrogens with zero attached hydrogens (tertiary/aromatic N) is 2. The lowest BCUT2D eigenvalue weighted by Crippen LogP contribution is -2.21. The van der Waals surface area contributed by atoms with Gasteiger partial charge in [0, 0.05) is 6.07 Å². The molecule has 0 aliphatic heterocycles. The van der Waals surface area contributed by atoms with Crippen LogP contribution in [-0.2, 0) is 0 Å². The summed E-state index contributed by atoms with van der Waals surface area (Å²) in [6, 6.07) is 5.36. The zero-order valence-electron chi connectivity index (χ0n) is 8.80. The fourth-order valence-corrected chi connectivity index (χ4v) is 1.64. The van der Waals surface area contributed by atoms with E-state index in [-0.39, 0.29) is 10.7 Å². The molecule has 0 amide bonds. The summed E-state index contributed by atoms with van der Waals surface area (Å²) in [5.74, 6) is -0.466. The van der Waals surface area contributed by atoms with Gasteiger partial charge in [0.2, 0.25) is 0 Å². The Morgan fingerprint density at radius 1 is 1.22 bits per heavy atom. The molecule has 0 fully saturated rings. The molecule has 0 aliphatic carbocycles. The maximum Gasteiger partial charge on any atom is 0.275 e. The van der Waals surface area contributed by atoms with Gasteiger partial charge < -0.3 is 5.11 Å². The van der Waals surface area contributed by atoms with Crippen LogP contribution in [0.25, 0.3) is 5.69 Å². The van der Waals surface area contributed by atoms with Crippen LogP contribution in [0.1, 0.15) is 10.5 Å². The fourth-order valence-electron chi connectivity index (χ4n) is 1.35. The molecule has 2 aromatic rings. The van der Waals surface area contributed by atoms with E-state index in [0.29, 0.717) is 17.0 Å². The molecule has 1 aromatic carbocycles. The molecule has 0 atom stereocenters. The molecule has 0 saturated carbocycles. The Morgan fingerprint density at radius 3 is 2.56 bits per heavy atom. The van der Waals surface area contributed by atoms with Crippen molar-refractivity contribution in [3.63, 3.8) is 0 Å². The van der Waals surface area contributed by atoms with Crippen molar-refractivity contribution in [2.24, 2.45) is 0 Å². The minimum atomic E-state index is -0.587. The largest absolute Gasteiger partial charge is 0.505 e. The average Bonchev–Trinajstić information content (AvgIpc) is 2.33. The predicted molar refractivity (Wildman–Crippen MR) is 66.9 cm³/mol. The van der Waals surface area contributed by atoms with Gasteiger partial charge in [-0.1, -0.05) is 23.2 Å². The quantitative estimate of drug-likeness (QED) is 0.857. The highest BCUT2D eigenvalue weighted by Gasteiger charge is 2.09. The SMILES string of the molecule is O=Cc1nn(-c2ccc(Cl)c(Cl)c2)c(=O)cc1O. The molecule has 0 aliphatic rings. The van der Waals surface area contributed by atoms with Crippen molar-refractivity contribution in [3.05, 3.63) is 50.4 Å². The Balaban J connectivity index is 2.67. The zero-order valence-corrected chi connectivity index (χ0v) is 10.3. The summed E-state index contributed by atoms with van der Waals surface area (Å²) >= 11 is 11.6. The maximum absolute atomic E-state index is 11.7. The second-order valence-electron chi connectivity index (χ2n) is 3.38. The van der Waals surface area contributed by atoms with Gasteiger partial charge in [-0.2, -0.15) is 9.78 Å². The maximum atomic E-state index is 11.7. The molecule has 0 spiro atoms. The molecule has 0 radical (unpaired) electrons. The van der Waals surface area contributed by atoms with Crippen LogP contribution < -0.4 is 5.56 Å². The van der Waals surface area contributed by atoms with Crippen LogP contribution in [0.5, 0.6) is 5.75 Å². The van der Waals surface area contributed by atoms with Gasteiger partial charge in [-0.3, -0.25) is 9.59 Å². The summed E-state index contributed by atoms with van der Waals surface area (Å²) in [6.07, 6.45) is 0.350. The Kier molecular flexibility index (Phi) is 3.36. The molecule has 1 N–H and O–H groups in total. The summed E-state index contributed by atoms with van der Waals surface area (Å²) in [4.78, 5) is 22.3. The number of halogens is 2. The number of carbonyl (C=O) groups is 1. The molecule has 0 bridgehead atoms. The molecule has 1 aromatic heterocycles. The first kappa shape index (κ1) is 12.6. The summed E-state index contributed by atoms with van der Waals surface area (Å²) in [7, 11) is 0. The van der Waals surface area contributed by atoms with Crippen LogP contribution in [0, 0.1) is 0 Å². The molecule has 18 heavy (non-hydrogen) atoms. The minimum absolute atomic E-state index is 0.235. The van der Waals surface area contributed by atoms with E-state index in [1.165, 1.54) is 18.2 Å². The molecule has 2 rings (SSSR count). The van der Waals surface area contributed by atoms with Crippen LogP contribution in [0.4, 0.5) is 0 Å². The standard InChI is InChI=1S/C11H6Cl2N2O3/c12-7-2-1-6(3-8(7)13)15-11(18)4-10(17)9(5-16)14-15/h1-5,17H. The lowest BCUT2D eigenvalue weighted by atomic mass is 10.3. The summed E-state index contributed by atoms with van der Waals surface area (Å²) in [5, 5.41) is 13.6. The average molecular weight is 285 g/mol. The number of hydrogen-bond donors (Lipinski definition) is 1. The van der Waals surface area contributed by atoms with E-state index in [9.17, 15) is 14.7 Å². The molecule has 5 nitrogen and oxygen atoms in total. The molecular formula is C11H6Cl2N2O3. The number of aromatic hydroxyl groups is 1. The van der Waals surface area contributed by atoms with Gasteiger partial charge in [0.15, 0.2) is 17.7 Å². The van der Waals surface area contributed by atoms with E-state index in [4.69, 9.17) is 23.2 Å². The summed E-state index contributed by atoms with van der Waals surface area (Å²) < 4.78 is 0.950. The monoisotopic (exact) mass is 284 g/mol. The van der Waals surface area contributed by atoms with E-state index in [1.807, 2.05) is 0 Å². The first-order chi connectivity index (χ1) is 8.52. The van der Waals surface area contributed by atoms with E-state index in [1.54, 1.807) is 0 Å². The van der Waals surface area contributed by atoms with Gasteiger partial charge in [-0.25, -0.2) is 0 Å².